The third kappa shape index (κ3) is 1.98. The molecule has 1 aliphatic rings. The predicted octanol–water partition coefficient (Wildman–Crippen LogP) is 1.81. The van der Waals surface area contributed by atoms with Crippen LogP contribution in [0.25, 0.3) is 11.2 Å². The van der Waals surface area contributed by atoms with E-state index in [-0.39, 0.29) is 5.56 Å². The van der Waals surface area contributed by atoms with E-state index in [2.05, 4.69) is 28.0 Å². The van der Waals surface area contributed by atoms with Crippen LogP contribution in [0.4, 0.5) is 0 Å². The molecule has 6 heteroatoms. The van der Waals surface area contributed by atoms with E-state index in [1.165, 1.54) is 16.5 Å². The zero-order valence-corrected chi connectivity index (χ0v) is 12.1. The van der Waals surface area contributed by atoms with Crippen molar-refractivity contribution >= 4 is 11.2 Å². The van der Waals surface area contributed by atoms with Crippen molar-refractivity contribution in [1.29, 1.82) is 0 Å². The normalized spacial score (nSPS) is 21.7. The highest BCUT2D eigenvalue weighted by Gasteiger charge is 2.33. The quantitative estimate of drug-likeness (QED) is 0.902. The Bertz CT molecular complexity index is 852. The topological polar surface area (TPSA) is 83.5 Å². The molecule has 2 N–H and O–H groups in total. The van der Waals surface area contributed by atoms with Crippen molar-refractivity contribution in [2.45, 2.75) is 38.6 Å². The fourth-order valence-electron chi connectivity index (χ4n) is 2.99. The number of fused-ring (bicyclic) bond motifs is 1. The number of aromatic nitrogens is 4. The molecule has 0 saturated heterocycles. The molecule has 2 aromatic heterocycles. The lowest BCUT2D eigenvalue weighted by atomic mass is 9.83. The van der Waals surface area contributed by atoms with Gasteiger partial charge in [0.05, 0.1) is 11.9 Å². The molecule has 0 saturated carbocycles. The minimum Gasteiger partial charge on any atom is -0.339 e. The van der Waals surface area contributed by atoms with E-state index in [1.54, 1.807) is 0 Å². The van der Waals surface area contributed by atoms with Gasteiger partial charge in [0.2, 0.25) is 0 Å². The van der Waals surface area contributed by atoms with Gasteiger partial charge in [-0.25, -0.2) is 14.3 Å². The second-order valence-electron chi connectivity index (χ2n) is 5.37. The highest BCUT2D eigenvalue weighted by molar-refractivity contribution is 5.67. The molecule has 1 atom stereocenters. The molecule has 0 radical (unpaired) electrons. The summed E-state index contributed by atoms with van der Waals surface area (Å²) in [7, 11) is 0. The standard InChI is InChI=1S/C15H18N4O2/c1-3-10-6-5-7-15(4-2,8-10)19-13(20)11-12(17-9-16-11)18-14(19)21/h5-7,9H,3-4,8H2,1-2H3,(H,16,17)(H,18,21). The van der Waals surface area contributed by atoms with Crippen LogP contribution in [0.2, 0.25) is 0 Å². The second kappa shape index (κ2) is 4.87. The van der Waals surface area contributed by atoms with Crippen molar-refractivity contribution < 1.29 is 0 Å². The summed E-state index contributed by atoms with van der Waals surface area (Å²) >= 11 is 0. The summed E-state index contributed by atoms with van der Waals surface area (Å²) in [5, 5.41) is 0. The summed E-state index contributed by atoms with van der Waals surface area (Å²) in [4.78, 5) is 34.5. The fraction of sp³-hybridized carbons (Fsp3) is 0.400. The van der Waals surface area contributed by atoms with Gasteiger partial charge >= 0.3 is 5.69 Å². The van der Waals surface area contributed by atoms with Crippen LogP contribution < -0.4 is 11.2 Å². The lowest BCUT2D eigenvalue weighted by Gasteiger charge is -2.33. The van der Waals surface area contributed by atoms with Gasteiger partial charge < -0.3 is 4.98 Å². The number of imidazole rings is 1. The van der Waals surface area contributed by atoms with E-state index in [9.17, 15) is 9.59 Å². The minimum absolute atomic E-state index is 0.304. The predicted molar refractivity (Wildman–Crippen MR) is 81.4 cm³/mol. The van der Waals surface area contributed by atoms with Gasteiger partial charge in [-0.3, -0.25) is 9.78 Å². The Labute approximate surface area is 121 Å². The SMILES string of the molecule is CCC1=CC=CC(CC)(n2c(=O)[nH]c3nc[nH]c3c2=O)C1. The summed E-state index contributed by atoms with van der Waals surface area (Å²) in [5.74, 6) is 0. The molecule has 2 aromatic rings. The first-order valence-electron chi connectivity index (χ1n) is 7.17. The van der Waals surface area contributed by atoms with Gasteiger partial charge in [-0.2, -0.15) is 0 Å². The number of hydrogen-bond donors (Lipinski definition) is 2. The second-order valence-corrected chi connectivity index (χ2v) is 5.37. The van der Waals surface area contributed by atoms with Gasteiger partial charge in [0.15, 0.2) is 5.65 Å². The van der Waals surface area contributed by atoms with Gasteiger partial charge in [0, 0.05) is 0 Å². The first kappa shape index (κ1) is 13.6. The molecule has 21 heavy (non-hydrogen) atoms. The number of rotatable bonds is 3. The van der Waals surface area contributed by atoms with Crippen LogP contribution in [-0.2, 0) is 5.54 Å². The molecular weight excluding hydrogens is 268 g/mol. The van der Waals surface area contributed by atoms with Crippen LogP contribution in [0, 0.1) is 0 Å². The van der Waals surface area contributed by atoms with Crippen molar-refractivity contribution in [2.24, 2.45) is 0 Å². The maximum absolute atomic E-state index is 12.7. The summed E-state index contributed by atoms with van der Waals surface area (Å²) in [6.07, 6.45) is 9.62. The van der Waals surface area contributed by atoms with Crippen molar-refractivity contribution in [3.05, 3.63) is 51.0 Å². The Morgan fingerprint density at radius 2 is 2.19 bits per heavy atom. The van der Waals surface area contributed by atoms with Crippen LogP contribution in [-0.4, -0.2) is 19.5 Å². The highest BCUT2D eigenvalue weighted by Crippen LogP contribution is 2.32. The van der Waals surface area contributed by atoms with Gasteiger partial charge in [0.1, 0.15) is 5.52 Å². The first-order chi connectivity index (χ1) is 10.1. The van der Waals surface area contributed by atoms with Gasteiger partial charge in [-0.15, -0.1) is 0 Å². The Hall–Kier alpha value is -2.37. The maximum atomic E-state index is 12.7. The van der Waals surface area contributed by atoms with Crippen LogP contribution in [0.15, 0.2) is 39.7 Å². The molecule has 1 aliphatic carbocycles. The molecule has 1 unspecified atom stereocenters. The number of nitrogens with one attached hydrogen (secondary N) is 2. The minimum atomic E-state index is -0.607. The van der Waals surface area contributed by atoms with E-state index >= 15 is 0 Å². The van der Waals surface area contributed by atoms with Crippen LogP contribution in [0.5, 0.6) is 0 Å². The van der Waals surface area contributed by atoms with Crippen LogP contribution in [0.1, 0.15) is 33.1 Å². The van der Waals surface area contributed by atoms with E-state index in [0.29, 0.717) is 24.0 Å². The number of aromatic amines is 2. The average Bonchev–Trinajstić information content (AvgIpc) is 2.96. The Balaban J connectivity index is 2.28. The summed E-state index contributed by atoms with van der Waals surface area (Å²) in [5.41, 5.74) is 0.528. The third-order valence-corrected chi connectivity index (χ3v) is 4.27. The van der Waals surface area contributed by atoms with E-state index < -0.39 is 11.2 Å². The molecule has 6 nitrogen and oxygen atoms in total. The van der Waals surface area contributed by atoms with Crippen LogP contribution in [0.3, 0.4) is 0 Å². The number of hydrogen-bond acceptors (Lipinski definition) is 3. The first-order valence-corrected chi connectivity index (χ1v) is 7.17. The molecule has 0 aromatic carbocycles. The largest absolute Gasteiger partial charge is 0.339 e. The van der Waals surface area contributed by atoms with E-state index in [4.69, 9.17) is 0 Å². The van der Waals surface area contributed by atoms with Gasteiger partial charge in [0.25, 0.3) is 5.56 Å². The van der Waals surface area contributed by atoms with Crippen LogP contribution >= 0.6 is 0 Å². The number of allylic oxidation sites excluding steroid dienone is 4. The zero-order valence-electron chi connectivity index (χ0n) is 12.1. The number of nitrogens with zero attached hydrogens (tertiary/aromatic N) is 2. The molecule has 0 amide bonds. The lowest BCUT2D eigenvalue weighted by Crippen LogP contribution is -2.49. The maximum Gasteiger partial charge on any atom is 0.330 e. The van der Waals surface area contributed by atoms with Crippen molar-refractivity contribution in [3.63, 3.8) is 0 Å². The van der Waals surface area contributed by atoms with Gasteiger partial charge in [-0.1, -0.05) is 37.6 Å². The number of H-pyrrole nitrogens is 2. The summed E-state index contributed by atoms with van der Waals surface area (Å²) in [6, 6.07) is 0. The molecule has 3 rings (SSSR count). The monoisotopic (exact) mass is 286 g/mol. The Morgan fingerprint density at radius 1 is 1.38 bits per heavy atom. The molecule has 0 aliphatic heterocycles. The summed E-state index contributed by atoms with van der Waals surface area (Å²) < 4.78 is 1.33. The molecular formula is C15H18N4O2. The Kier molecular flexibility index (Phi) is 3.16. The van der Waals surface area contributed by atoms with E-state index in [1.807, 2.05) is 19.1 Å². The Morgan fingerprint density at radius 3 is 2.90 bits per heavy atom. The third-order valence-electron chi connectivity index (χ3n) is 4.27. The van der Waals surface area contributed by atoms with Gasteiger partial charge in [-0.05, 0) is 19.3 Å². The molecule has 2 heterocycles. The van der Waals surface area contributed by atoms with Crippen molar-refractivity contribution in [3.8, 4) is 0 Å². The van der Waals surface area contributed by atoms with Crippen molar-refractivity contribution in [1.82, 2.24) is 19.5 Å². The van der Waals surface area contributed by atoms with Crippen molar-refractivity contribution in [2.75, 3.05) is 0 Å². The average molecular weight is 286 g/mol. The molecule has 110 valence electrons. The lowest BCUT2D eigenvalue weighted by molar-refractivity contribution is 0.324. The van der Waals surface area contributed by atoms with E-state index in [0.717, 1.165) is 6.42 Å². The highest BCUT2D eigenvalue weighted by atomic mass is 16.2. The fourth-order valence-corrected chi connectivity index (χ4v) is 2.99. The molecule has 0 fully saturated rings. The molecule has 0 bridgehead atoms. The molecule has 0 spiro atoms. The zero-order chi connectivity index (χ0) is 15.0. The summed E-state index contributed by atoms with van der Waals surface area (Å²) in [6.45, 7) is 4.07. The smallest absolute Gasteiger partial charge is 0.330 e.